The first-order valence-corrected chi connectivity index (χ1v) is 7.39. The molecule has 0 aliphatic heterocycles. The lowest BCUT2D eigenvalue weighted by Crippen LogP contribution is -2.16. The Labute approximate surface area is 119 Å². The van der Waals surface area contributed by atoms with Crippen molar-refractivity contribution in [2.75, 3.05) is 0 Å². The number of carbonyl (C=O) groups excluding carboxylic acids is 1. The topological polar surface area (TPSA) is 60.2 Å². The van der Waals surface area contributed by atoms with Crippen molar-refractivity contribution < 1.29 is 9.72 Å². The molecule has 0 heterocycles. The van der Waals surface area contributed by atoms with Gasteiger partial charge in [0, 0.05) is 23.1 Å². The first-order chi connectivity index (χ1) is 9.59. The summed E-state index contributed by atoms with van der Waals surface area (Å²) in [4.78, 5) is 23.1. The fourth-order valence-corrected chi connectivity index (χ4v) is 2.91. The molecule has 0 bridgehead atoms. The Morgan fingerprint density at radius 3 is 2.35 bits per heavy atom. The molecular weight excluding hydrogens is 254 g/mol. The Balaban J connectivity index is 2.19. The third-order valence-electron chi connectivity index (χ3n) is 4.17. The normalized spacial score (nSPS) is 17.2. The van der Waals surface area contributed by atoms with Gasteiger partial charge in [0.2, 0.25) is 0 Å². The summed E-state index contributed by atoms with van der Waals surface area (Å²) in [5.41, 5.74) is 1.14. The van der Waals surface area contributed by atoms with E-state index in [9.17, 15) is 14.9 Å². The average molecular weight is 275 g/mol. The number of hydrogen-bond donors (Lipinski definition) is 0. The summed E-state index contributed by atoms with van der Waals surface area (Å²) in [6, 6.07) is 4.84. The van der Waals surface area contributed by atoms with Crippen LogP contribution in [0, 0.1) is 23.0 Å². The fraction of sp³-hybridized carbons (Fsp3) is 0.562. The van der Waals surface area contributed by atoms with Gasteiger partial charge in [-0.3, -0.25) is 14.9 Å². The van der Waals surface area contributed by atoms with Crippen molar-refractivity contribution >= 4 is 11.5 Å². The molecule has 0 aromatic heterocycles. The highest BCUT2D eigenvalue weighted by atomic mass is 16.6. The molecular formula is C16H21NO3. The zero-order valence-electron chi connectivity index (χ0n) is 11.9. The third kappa shape index (κ3) is 3.44. The van der Waals surface area contributed by atoms with Gasteiger partial charge in [-0.05, 0) is 19.8 Å². The van der Waals surface area contributed by atoms with Crippen LogP contribution in [0.3, 0.4) is 0 Å². The van der Waals surface area contributed by atoms with Gasteiger partial charge in [0.15, 0.2) is 5.78 Å². The van der Waals surface area contributed by atoms with E-state index in [1.807, 2.05) is 0 Å². The van der Waals surface area contributed by atoms with Crippen molar-refractivity contribution in [3.63, 3.8) is 0 Å². The predicted octanol–water partition coefficient (Wildman–Crippen LogP) is 4.45. The highest BCUT2D eigenvalue weighted by Gasteiger charge is 2.23. The van der Waals surface area contributed by atoms with E-state index in [1.54, 1.807) is 19.1 Å². The van der Waals surface area contributed by atoms with Crippen molar-refractivity contribution in [3.8, 4) is 0 Å². The molecule has 0 spiro atoms. The summed E-state index contributed by atoms with van der Waals surface area (Å²) < 4.78 is 0. The summed E-state index contributed by atoms with van der Waals surface area (Å²) in [7, 11) is 0. The smallest absolute Gasteiger partial charge is 0.273 e. The zero-order valence-corrected chi connectivity index (χ0v) is 11.9. The molecule has 0 amide bonds. The van der Waals surface area contributed by atoms with E-state index < -0.39 is 4.92 Å². The summed E-state index contributed by atoms with van der Waals surface area (Å²) in [5, 5.41) is 11.0. The van der Waals surface area contributed by atoms with E-state index in [2.05, 4.69) is 0 Å². The van der Waals surface area contributed by atoms with E-state index in [0.29, 0.717) is 11.1 Å². The third-order valence-corrected chi connectivity index (χ3v) is 4.17. The fourth-order valence-electron chi connectivity index (χ4n) is 2.91. The molecule has 0 radical (unpaired) electrons. The van der Waals surface area contributed by atoms with E-state index in [4.69, 9.17) is 0 Å². The van der Waals surface area contributed by atoms with Gasteiger partial charge in [-0.1, -0.05) is 44.2 Å². The maximum Gasteiger partial charge on any atom is 0.273 e. The Kier molecular flexibility index (Phi) is 4.88. The Morgan fingerprint density at radius 2 is 1.75 bits per heavy atom. The van der Waals surface area contributed by atoms with Gasteiger partial charge in [-0.25, -0.2) is 0 Å². The monoisotopic (exact) mass is 275 g/mol. The van der Waals surface area contributed by atoms with Crippen molar-refractivity contribution in [2.45, 2.75) is 51.9 Å². The van der Waals surface area contributed by atoms with Gasteiger partial charge in [0.1, 0.15) is 0 Å². The van der Waals surface area contributed by atoms with Crippen LogP contribution < -0.4 is 0 Å². The lowest BCUT2D eigenvalue weighted by atomic mass is 9.85. The Morgan fingerprint density at radius 1 is 1.15 bits per heavy atom. The minimum absolute atomic E-state index is 0.0395. The van der Waals surface area contributed by atoms with Crippen LogP contribution in [0.15, 0.2) is 18.2 Å². The van der Waals surface area contributed by atoms with Gasteiger partial charge in [0.25, 0.3) is 5.69 Å². The maximum absolute atomic E-state index is 12.5. The van der Waals surface area contributed by atoms with Crippen molar-refractivity contribution in [1.82, 2.24) is 0 Å². The van der Waals surface area contributed by atoms with Crippen LogP contribution in [-0.4, -0.2) is 10.7 Å². The van der Waals surface area contributed by atoms with Crippen LogP contribution >= 0.6 is 0 Å². The molecule has 4 heteroatoms. The number of carbonyl (C=O) groups is 1. The first-order valence-electron chi connectivity index (χ1n) is 7.39. The summed E-state index contributed by atoms with van der Waals surface area (Å²) in [6.07, 6.45) is 7.66. The van der Waals surface area contributed by atoms with Gasteiger partial charge in [-0.2, -0.15) is 0 Å². The molecule has 4 nitrogen and oxygen atoms in total. The molecule has 0 N–H and O–H groups in total. The molecule has 1 aromatic rings. The van der Waals surface area contributed by atoms with Crippen LogP contribution in [0.5, 0.6) is 0 Å². The molecule has 0 saturated heterocycles. The second kappa shape index (κ2) is 6.64. The number of nitro benzene ring substituents is 1. The number of nitrogens with zero attached hydrogens (tertiary/aromatic N) is 1. The number of nitro groups is 1. The van der Waals surface area contributed by atoms with Gasteiger partial charge in [-0.15, -0.1) is 0 Å². The average Bonchev–Trinajstić information content (AvgIpc) is 2.38. The highest BCUT2D eigenvalue weighted by Crippen LogP contribution is 2.27. The highest BCUT2D eigenvalue weighted by molar-refractivity contribution is 5.98. The lowest BCUT2D eigenvalue weighted by Gasteiger charge is -2.18. The van der Waals surface area contributed by atoms with E-state index in [0.717, 1.165) is 25.7 Å². The van der Waals surface area contributed by atoms with Gasteiger partial charge >= 0.3 is 0 Å². The quantitative estimate of drug-likeness (QED) is 0.465. The van der Waals surface area contributed by atoms with Crippen LogP contribution in [0.1, 0.15) is 60.9 Å². The molecule has 1 saturated carbocycles. The van der Waals surface area contributed by atoms with Crippen molar-refractivity contribution in [1.29, 1.82) is 0 Å². The second-order valence-corrected chi connectivity index (χ2v) is 5.66. The number of hydrogen-bond acceptors (Lipinski definition) is 3. The SMILES string of the molecule is Cc1ccc(C(=O)C2CCCCCCC2)cc1[N+](=O)[O-]. The van der Waals surface area contributed by atoms with E-state index >= 15 is 0 Å². The molecule has 0 atom stereocenters. The predicted molar refractivity (Wildman–Crippen MR) is 78.0 cm³/mol. The minimum atomic E-state index is -0.412. The largest absolute Gasteiger partial charge is 0.294 e. The standard InChI is InChI=1S/C16H21NO3/c1-12-9-10-14(11-15(12)17(19)20)16(18)13-7-5-3-2-4-6-8-13/h9-11,13H,2-8H2,1H3. The Hall–Kier alpha value is -1.71. The molecule has 1 aromatic carbocycles. The molecule has 20 heavy (non-hydrogen) atoms. The maximum atomic E-state index is 12.5. The molecule has 2 rings (SSSR count). The number of ketones is 1. The summed E-state index contributed by atoms with van der Waals surface area (Å²) >= 11 is 0. The first kappa shape index (κ1) is 14.7. The zero-order chi connectivity index (χ0) is 14.5. The van der Waals surface area contributed by atoms with Crippen LogP contribution in [0.25, 0.3) is 0 Å². The van der Waals surface area contributed by atoms with Crippen LogP contribution in [0.4, 0.5) is 5.69 Å². The van der Waals surface area contributed by atoms with E-state index in [-0.39, 0.29) is 17.4 Å². The lowest BCUT2D eigenvalue weighted by molar-refractivity contribution is -0.385. The van der Waals surface area contributed by atoms with E-state index in [1.165, 1.54) is 25.3 Å². The summed E-state index contributed by atoms with van der Waals surface area (Å²) in [5.74, 6) is 0.118. The van der Waals surface area contributed by atoms with Crippen LogP contribution in [0.2, 0.25) is 0 Å². The number of aryl methyl sites for hydroxylation is 1. The minimum Gasteiger partial charge on any atom is -0.294 e. The summed E-state index contributed by atoms with van der Waals surface area (Å²) in [6.45, 7) is 1.70. The van der Waals surface area contributed by atoms with Crippen LogP contribution in [-0.2, 0) is 0 Å². The molecule has 1 fully saturated rings. The molecule has 108 valence electrons. The number of benzene rings is 1. The van der Waals surface area contributed by atoms with Crippen molar-refractivity contribution in [2.24, 2.45) is 5.92 Å². The number of Topliss-reactive ketones (excluding diaryl/α,β-unsaturated/α-hetero) is 1. The van der Waals surface area contributed by atoms with Crippen molar-refractivity contribution in [3.05, 3.63) is 39.4 Å². The second-order valence-electron chi connectivity index (χ2n) is 5.66. The molecule has 1 aliphatic rings. The molecule has 0 unspecified atom stereocenters. The Bertz CT molecular complexity index is 502. The van der Waals surface area contributed by atoms with Gasteiger partial charge < -0.3 is 0 Å². The number of rotatable bonds is 3. The van der Waals surface area contributed by atoms with Gasteiger partial charge in [0.05, 0.1) is 4.92 Å². The molecule has 1 aliphatic carbocycles.